The zero-order valence-corrected chi connectivity index (χ0v) is 13.8. The third kappa shape index (κ3) is 4.68. The largest absolute Gasteiger partial charge is 0.444 e. The molecule has 21 heavy (non-hydrogen) atoms. The Morgan fingerprint density at radius 3 is 2.71 bits per heavy atom. The first kappa shape index (κ1) is 16.2. The van der Waals surface area contributed by atoms with Crippen LogP contribution in [0.3, 0.4) is 0 Å². The molecule has 5 nitrogen and oxygen atoms in total. The number of carbonyl (C=O) groups excluding carboxylic acids is 1. The molecule has 1 aliphatic rings. The molecule has 0 unspecified atom stereocenters. The van der Waals surface area contributed by atoms with Gasteiger partial charge in [-0.05, 0) is 33.6 Å². The molecule has 1 saturated heterocycles. The third-order valence-electron chi connectivity index (χ3n) is 3.43. The fourth-order valence-corrected chi connectivity index (χ4v) is 3.40. The number of aliphatic hydroxyl groups is 1. The van der Waals surface area contributed by atoms with Gasteiger partial charge in [-0.15, -0.1) is 11.3 Å². The number of rotatable bonds is 3. The van der Waals surface area contributed by atoms with Crippen LogP contribution in [0.1, 0.15) is 50.2 Å². The summed E-state index contributed by atoms with van der Waals surface area (Å²) in [5.41, 5.74) is 0.523. The van der Waals surface area contributed by atoms with E-state index in [1.165, 1.54) is 0 Å². The minimum Gasteiger partial charge on any atom is -0.444 e. The van der Waals surface area contributed by atoms with Crippen LogP contribution < -0.4 is 0 Å². The molecule has 1 amide bonds. The van der Waals surface area contributed by atoms with E-state index in [-0.39, 0.29) is 12.7 Å². The molecule has 1 aromatic rings. The summed E-state index contributed by atoms with van der Waals surface area (Å²) in [7, 11) is 0. The van der Waals surface area contributed by atoms with Gasteiger partial charge in [0.05, 0.1) is 10.7 Å². The molecule has 1 N–H and O–H groups in total. The minimum absolute atomic E-state index is 0.139. The Labute approximate surface area is 129 Å². The summed E-state index contributed by atoms with van der Waals surface area (Å²) in [5, 5.41) is 12.1. The quantitative estimate of drug-likeness (QED) is 0.932. The van der Waals surface area contributed by atoms with Gasteiger partial charge in [0.25, 0.3) is 0 Å². The number of carbonyl (C=O) groups is 1. The molecule has 1 aliphatic heterocycles. The maximum Gasteiger partial charge on any atom is 0.410 e. The maximum absolute atomic E-state index is 12.0. The van der Waals surface area contributed by atoms with Gasteiger partial charge in [-0.2, -0.15) is 0 Å². The molecular weight excluding hydrogens is 288 g/mol. The molecule has 1 fully saturated rings. The highest BCUT2D eigenvalue weighted by Gasteiger charge is 2.28. The number of likely N-dealkylation sites (tertiary alicyclic amines) is 1. The van der Waals surface area contributed by atoms with E-state index < -0.39 is 5.60 Å². The van der Waals surface area contributed by atoms with Crippen molar-refractivity contribution >= 4 is 17.4 Å². The third-order valence-corrected chi connectivity index (χ3v) is 4.49. The number of hydrogen-bond donors (Lipinski definition) is 1. The van der Waals surface area contributed by atoms with Crippen LogP contribution in [0.15, 0.2) is 5.38 Å². The Morgan fingerprint density at radius 1 is 1.48 bits per heavy atom. The number of thiazole rings is 1. The van der Waals surface area contributed by atoms with Crippen molar-refractivity contribution in [2.75, 3.05) is 19.7 Å². The van der Waals surface area contributed by atoms with Gasteiger partial charge >= 0.3 is 6.09 Å². The van der Waals surface area contributed by atoms with Gasteiger partial charge in [0, 0.05) is 37.4 Å². The zero-order valence-electron chi connectivity index (χ0n) is 13.0. The molecule has 0 spiro atoms. The SMILES string of the molecule is CC(C)(C)OC(=O)N1CCC(c2nc(CCO)cs2)CC1. The van der Waals surface area contributed by atoms with E-state index in [4.69, 9.17) is 9.84 Å². The van der Waals surface area contributed by atoms with Gasteiger partial charge in [-0.3, -0.25) is 0 Å². The van der Waals surface area contributed by atoms with Gasteiger partial charge in [0.15, 0.2) is 0 Å². The summed E-state index contributed by atoms with van der Waals surface area (Å²) in [4.78, 5) is 18.4. The molecule has 2 rings (SSSR count). The monoisotopic (exact) mass is 312 g/mol. The number of hydrogen-bond acceptors (Lipinski definition) is 5. The Kier molecular flexibility index (Phi) is 5.22. The molecule has 0 bridgehead atoms. The van der Waals surface area contributed by atoms with Crippen molar-refractivity contribution in [2.45, 2.75) is 51.6 Å². The molecule has 0 saturated carbocycles. The Morgan fingerprint density at radius 2 is 2.14 bits per heavy atom. The van der Waals surface area contributed by atoms with Gasteiger partial charge < -0.3 is 14.7 Å². The normalized spacial score (nSPS) is 17.0. The predicted octanol–water partition coefficient (Wildman–Crippen LogP) is 2.79. The summed E-state index contributed by atoms with van der Waals surface area (Å²) < 4.78 is 5.40. The van der Waals surface area contributed by atoms with Gasteiger partial charge in [-0.25, -0.2) is 9.78 Å². The van der Waals surface area contributed by atoms with Crippen LogP contribution in [0.2, 0.25) is 0 Å². The lowest BCUT2D eigenvalue weighted by atomic mass is 9.98. The molecule has 2 heterocycles. The van der Waals surface area contributed by atoms with Gasteiger partial charge in [0.1, 0.15) is 5.60 Å². The summed E-state index contributed by atoms with van der Waals surface area (Å²) >= 11 is 1.66. The lowest BCUT2D eigenvalue weighted by molar-refractivity contribution is 0.0204. The predicted molar refractivity (Wildman–Crippen MR) is 82.7 cm³/mol. The first-order valence-corrected chi connectivity index (χ1v) is 8.30. The van der Waals surface area contributed by atoms with Crippen LogP contribution in [0, 0.1) is 0 Å². The van der Waals surface area contributed by atoms with Gasteiger partial charge in [0.2, 0.25) is 0 Å². The Bertz CT molecular complexity index is 474. The van der Waals surface area contributed by atoms with Crippen molar-refractivity contribution in [1.29, 1.82) is 0 Å². The van der Waals surface area contributed by atoms with E-state index >= 15 is 0 Å². The van der Waals surface area contributed by atoms with Crippen molar-refractivity contribution in [3.05, 3.63) is 16.1 Å². The van der Waals surface area contributed by atoms with E-state index in [1.54, 1.807) is 16.2 Å². The summed E-state index contributed by atoms with van der Waals surface area (Å²) in [6, 6.07) is 0. The van der Waals surface area contributed by atoms with Crippen LogP contribution in [-0.4, -0.2) is 46.4 Å². The lowest BCUT2D eigenvalue weighted by Gasteiger charge is -2.32. The van der Waals surface area contributed by atoms with Crippen molar-refractivity contribution in [3.8, 4) is 0 Å². The van der Waals surface area contributed by atoms with E-state index in [0.717, 1.165) is 23.5 Å². The van der Waals surface area contributed by atoms with Crippen LogP contribution in [0.5, 0.6) is 0 Å². The highest BCUT2D eigenvalue weighted by atomic mass is 32.1. The molecule has 118 valence electrons. The first-order chi connectivity index (χ1) is 9.89. The average molecular weight is 312 g/mol. The molecule has 0 aliphatic carbocycles. The van der Waals surface area contributed by atoms with E-state index in [1.807, 2.05) is 26.2 Å². The number of nitrogens with zero attached hydrogens (tertiary/aromatic N) is 2. The fourth-order valence-electron chi connectivity index (χ4n) is 2.38. The van der Waals surface area contributed by atoms with E-state index in [9.17, 15) is 4.79 Å². The number of aliphatic hydroxyl groups excluding tert-OH is 1. The number of ether oxygens (including phenoxy) is 1. The van der Waals surface area contributed by atoms with Crippen molar-refractivity contribution in [2.24, 2.45) is 0 Å². The van der Waals surface area contributed by atoms with Crippen LogP contribution in [0.4, 0.5) is 4.79 Å². The second-order valence-electron chi connectivity index (χ2n) is 6.39. The number of amides is 1. The zero-order chi connectivity index (χ0) is 15.5. The number of piperidine rings is 1. The van der Waals surface area contributed by atoms with Crippen molar-refractivity contribution < 1.29 is 14.6 Å². The fraction of sp³-hybridized carbons (Fsp3) is 0.733. The van der Waals surface area contributed by atoms with Crippen LogP contribution in [0.25, 0.3) is 0 Å². The molecule has 0 aromatic carbocycles. The highest BCUT2D eigenvalue weighted by molar-refractivity contribution is 7.09. The molecule has 1 aromatic heterocycles. The van der Waals surface area contributed by atoms with E-state index in [0.29, 0.717) is 25.4 Å². The molecular formula is C15H24N2O3S. The Balaban J connectivity index is 1.86. The van der Waals surface area contributed by atoms with Crippen molar-refractivity contribution in [3.63, 3.8) is 0 Å². The average Bonchev–Trinajstić information content (AvgIpc) is 2.86. The van der Waals surface area contributed by atoms with Crippen LogP contribution in [-0.2, 0) is 11.2 Å². The second kappa shape index (κ2) is 6.75. The molecule has 6 heteroatoms. The lowest BCUT2D eigenvalue weighted by Crippen LogP contribution is -2.41. The topological polar surface area (TPSA) is 62.7 Å². The minimum atomic E-state index is -0.442. The number of aromatic nitrogens is 1. The smallest absolute Gasteiger partial charge is 0.410 e. The van der Waals surface area contributed by atoms with Crippen LogP contribution >= 0.6 is 11.3 Å². The van der Waals surface area contributed by atoms with Gasteiger partial charge in [-0.1, -0.05) is 0 Å². The molecule has 0 radical (unpaired) electrons. The standard InChI is InChI=1S/C15H24N2O3S/c1-15(2,3)20-14(19)17-7-4-11(5-8-17)13-16-12(6-9-18)10-21-13/h10-11,18H,4-9H2,1-3H3. The molecule has 0 atom stereocenters. The summed E-state index contributed by atoms with van der Waals surface area (Å²) in [6.07, 6.45) is 2.24. The Hall–Kier alpha value is -1.14. The summed E-state index contributed by atoms with van der Waals surface area (Å²) in [5.74, 6) is 0.418. The van der Waals surface area contributed by atoms with E-state index in [2.05, 4.69) is 4.98 Å². The summed E-state index contributed by atoms with van der Waals surface area (Å²) in [6.45, 7) is 7.23. The second-order valence-corrected chi connectivity index (χ2v) is 7.28. The maximum atomic E-state index is 12.0. The highest BCUT2D eigenvalue weighted by Crippen LogP contribution is 2.30. The van der Waals surface area contributed by atoms with Crippen molar-refractivity contribution in [1.82, 2.24) is 9.88 Å². The first-order valence-electron chi connectivity index (χ1n) is 7.42.